The number of pyridine rings is 1. The van der Waals surface area contributed by atoms with Gasteiger partial charge in [-0.15, -0.1) is 0 Å². The van der Waals surface area contributed by atoms with Gasteiger partial charge in [-0.25, -0.2) is 4.98 Å². The highest BCUT2D eigenvalue weighted by Gasteiger charge is 2.33. The molecule has 3 N–H and O–H groups in total. The van der Waals surface area contributed by atoms with Crippen molar-refractivity contribution in [3.8, 4) is 0 Å². The van der Waals surface area contributed by atoms with E-state index >= 15 is 0 Å². The summed E-state index contributed by atoms with van der Waals surface area (Å²) in [4.78, 5) is 5.74. The van der Waals surface area contributed by atoms with E-state index in [9.17, 15) is 13.2 Å². The van der Waals surface area contributed by atoms with Crippen LogP contribution in [0.25, 0.3) is 0 Å². The lowest BCUT2D eigenvalue weighted by atomic mass is 10.1. The van der Waals surface area contributed by atoms with Crippen LogP contribution in [0.15, 0.2) is 18.3 Å². The van der Waals surface area contributed by atoms with Crippen molar-refractivity contribution < 1.29 is 13.2 Å². The van der Waals surface area contributed by atoms with E-state index in [1.807, 2.05) is 4.90 Å². The van der Waals surface area contributed by atoms with Gasteiger partial charge in [0.2, 0.25) is 0 Å². The van der Waals surface area contributed by atoms with Crippen LogP contribution in [-0.4, -0.2) is 28.3 Å². The number of hydrogen-bond donors (Lipinski definition) is 2. The van der Waals surface area contributed by atoms with Crippen LogP contribution in [0.5, 0.6) is 0 Å². The second kappa shape index (κ2) is 5.35. The Labute approximate surface area is 129 Å². The second-order valence-electron chi connectivity index (χ2n) is 5.21. The molecule has 5 nitrogen and oxygen atoms in total. The van der Waals surface area contributed by atoms with Crippen molar-refractivity contribution in [1.82, 2.24) is 15.2 Å². The maximum Gasteiger partial charge on any atom is 0.417 e. The summed E-state index contributed by atoms with van der Waals surface area (Å²) >= 11 is 5.97. The number of aromatic amines is 1. The summed E-state index contributed by atoms with van der Waals surface area (Å²) in [7, 11) is 0. The first-order valence-electron chi connectivity index (χ1n) is 6.63. The molecule has 22 heavy (non-hydrogen) atoms. The zero-order valence-corrected chi connectivity index (χ0v) is 12.1. The molecule has 0 aromatic carbocycles. The second-order valence-corrected chi connectivity index (χ2v) is 5.61. The third-order valence-corrected chi connectivity index (χ3v) is 3.95. The summed E-state index contributed by atoms with van der Waals surface area (Å²) in [6, 6.07) is 2.67. The number of halogens is 4. The molecule has 0 bridgehead atoms. The number of anilines is 2. The van der Waals surface area contributed by atoms with E-state index in [-0.39, 0.29) is 10.9 Å². The normalized spacial score (nSPS) is 18.9. The van der Waals surface area contributed by atoms with E-state index in [1.54, 1.807) is 6.07 Å². The number of nitrogens with zero attached hydrogens (tertiary/aromatic N) is 3. The lowest BCUT2D eigenvalue weighted by Gasteiger charge is -2.19. The Kier molecular flexibility index (Phi) is 3.64. The molecule has 0 amide bonds. The molecule has 1 unspecified atom stereocenters. The van der Waals surface area contributed by atoms with Gasteiger partial charge < -0.3 is 10.6 Å². The zero-order valence-electron chi connectivity index (χ0n) is 11.4. The van der Waals surface area contributed by atoms with Crippen molar-refractivity contribution in [2.75, 3.05) is 23.7 Å². The molecule has 3 rings (SSSR count). The van der Waals surface area contributed by atoms with E-state index in [1.165, 1.54) is 0 Å². The van der Waals surface area contributed by atoms with E-state index < -0.39 is 11.7 Å². The topological polar surface area (TPSA) is 70.8 Å². The fourth-order valence-electron chi connectivity index (χ4n) is 2.57. The van der Waals surface area contributed by atoms with Gasteiger partial charge in [-0.05, 0) is 12.5 Å². The molecule has 0 spiro atoms. The fraction of sp³-hybridized carbons (Fsp3) is 0.385. The number of aromatic nitrogens is 3. The molecule has 3 heterocycles. The SMILES string of the molecule is Nc1cc(C2CCN(c3ncc(C(F)(F)F)cc3Cl)C2)n[nH]1. The van der Waals surface area contributed by atoms with Crippen LogP contribution in [0.1, 0.15) is 23.6 Å². The minimum atomic E-state index is -4.45. The summed E-state index contributed by atoms with van der Waals surface area (Å²) in [5.74, 6) is 0.994. The van der Waals surface area contributed by atoms with Crippen LogP contribution in [0.4, 0.5) is 24.8 Å². The van der Waals surface area contributed by atoms with Gasteiger partial charge in [0.05, 0.1) is 16.3 Å². The number of nitrogens with two attached hydrogens (primary N) is 1. The molecule has 1 saturated heterocycles. The van der Waals surface area contributed by atoms with Gasteiger partial charge >= 0.3 is 6.18 Å². The van der Waals surface area contributed by atoms with Gasteiger partial charge in [0.15, 0.2) is 0 Å². The smallest absolute Gasteiger partial charge is 0.384 e. The standard InChI is InChI=1S/C13H13ClF3N5/c14-9-3-8(13(15,16)17)5-19-12(9)22-2-1-7(6-22)10-4-11(18)21-20-10/h3-5,7H,1-2,6H2,(H3,18,20,21). The first kappa shape index (κ1) is 15.0. The summed E-state index contributed by atoms with van der Waals surface area (Å²) < 4.78 is 37.9. The zero-order chi connectivity index (χ0) is 15.9. The number of nitrogen functional groups attached to an aromatic ring is 1. The molecule has 1 aliphatic rings. The Balaban J connectivity index is 1.78. The molecule has 1 fully saturated rings. The Morgan fingerprint density at radius 3 is 2.73 bits per heavy atom. The van der Waals surface area contributed by atoms with Gasteiger partial charge in [-0.1, -0.05) is 11.6 Å². The first-order valence-corrected chi connectivity index (χ1v) is 7.01. The molecule has 1 atom stereocenters. The molecule has 1 aliphatic heterocycles. The predicted octanol–water partition coefficient (Wildman–Crippen LogP) is 3.05. The molecular formula is C13H13ClF3N5. The minimum absolute atomic E-state index is 0.00276. The Hall–Kier alpha value is -1.96. The van der Waals surface area contributed by atoms with Crippen LogP contribution in [0, 0.1) is 0 Å². The predicted molar refractivity (Wildman–Crippen MR) is 76.8 cm³/mol. The largest absolute Gasteiger partial charge is 0.417 e. The Morgan fingerprint density at radius 2 is 2.14 bits per heavy atom. The van der Waals surface area contributed by atoms with E-state index in [0.717, 1.165) is 24.4 Å². The van der Waals surface area contributed by atoms with Crippen LogP contribution in [0.3, 0.4) is 0 Å². The van der Waals surface area contributed by atoms with E-state index in [4.69, 9.17) is 17.3 Å². The van der Waals surface area contributed by atoms with Crippen LogP contribution in [0.2, 0.25) is 5.02 Å². The Bertz CT molecular complexity index is 685. The molecule has 2 aromatic rings. The van der Waals surface area contributed by atoms with Crippen LogP contribution in [-0.2, 0) is 6.18 Å². The average Bonchev–Trinajstić information content (AvgIpc) is 3.06. The number of nitrogens with one attached hydrogen (secondary N) is 1. The third-order valence-electron chi connectivity index (χ3n) is 3.67. The van der Waals surface area contributed by atoms with E-state index in [0.29, 0.717) is 24.7 Å². The van der Waals surface area contributed by atoms with Gasteiger partial charge in [-0.2, -0.15) is 18.3 Å². The van der Waals surface area contributed by atoms with Crippen molar-refractivity contribution in [1.29, 1.82) is 0 Å². The van der Waals surface area contributed by atoms with Gasteiger partial charge in [-0.3, -0.25) is 5.10 Å². The number of rotatable bonds is 2. The number of hydrogen-bond acceptors (Lipinski definition) is 4. The summed E-state index contributed by atoms with van der Waals surface area (Å²) in [6.07, 6.45) is -2.83. The highest BCUT2D eigenvalue weighted by Crippen LogP contribution is 2.36. The van der Waals surface area contributed by atoms with Crippen molar-refractivity contribution in [3.63, 3.8) is 0 Å². The third kappa shape index (κ3) is 2.83. The summed E-state index contributed by atoms with van der Waals surface area (Å²) in [5.41, 5.74) is 5.59. The van der Waals surface area contributed by atoms with Gasteiger partial charge in [0, 0.05) is 31.3 Å². The van der Waals surface area contributed by atoms with Crippen molar-refractivity contribution >= 4 is 23.2 Å². The molecular weight excluding hydrogens is 319 g/mol. The molecule has 0 saturated carbocycles. The quantitative estimate of drug-likeness (QED) is 0.887. The first-order chi connectivity index (χ1) is 10.3. The molecule has 0 radical (unpaired) electrons. The monoisotopic (exact) mass is 331 g/mol. The molecule has 9 heteroatoms. The summed E-state index contributed by atoms with van der Waals surface area (Å²) in [6.45, 7) is 1.23. The van der Waals surface area contributed by atoms with Crippen molar-refractivity contribution in [3.05, 3.63) is 34.6 Å². The molecule has 2 aromatic heterocycles. The van der Waals surface area contributed by atoms with Gasteiger partial charge in [0.25, 0.3) is 0 Å². The van der Waals surface area contributed by atoms with Crippen molar-refractivity contribution in [2.24, 2.45) is 0 Å². The van der Waals surface area contributed by atoms with Crippen molar-refractivity contribution in [2.45, 2.75) is 18.5 Å². The average molecular weight is 332 g/mol. The van der Waals surface area contributed by atoms with Crippen LogP contribution >= 0.6 is 11.6 Å². The molecule has 118 valence electrons. The highest BCUT2D eigenvalue weighted by atomic mass is 35.5. The highest BCUT2D eigenvalue weighted by molar-refractivity contribution is 6.33. The summed E-state index contributed by atoms with van der Waals surface area (Å²) in [5, 5.41) is 6.79. The minimum Gasteiger partial charge on any atom is -0.384 e. The lowest BCUT2D eigenvalue weighted by Crippen LogP contribution is -2.21. The maximum absolute atomic E-state index is 12.6. The Morgan fingerprint density at radius 1 is 1.36 bits per heavy atom. The molecule has 0 aliphatic carbocycles. The lowest BCUT2D eigenvalue weighted by molar-refractivity contribution is -0.137. The fourth-order valence-corrected chi connectivity index (χ4v) is 2.86. The number of alkyl halides is 3. The van der Waals surface area contributed by atoms with Crippen LogP contribution < -0.4 is 10.6 Å². The maximum atomic E-state index is 12.6. The van der Waals surface area contributed by atoms with E-state index in [2.05, 4.69) is 15.2 Å². The van der Waals surface area contributed by atoms with Gasteiger partial charge in [0.1, 0.15) is 11.6 Å². The number of H-pyrrole nitrogens is 1.